The summed E-state index contributed by atoms with van der Waals surface area (Å²) in [4.78, 5) is 13.1. The summed E-state index contributed by atoms with van der Waals surface area (Å²) >= 11 is 0. The lowest BCUT2D eigenvalue weighted by molar-refractivity contribution is -0.140. The Balaban J connectivity index is 2.00. The number of benzene rings is 1. The highest BCUT2D eigenvalue weighted by Crippen LogP contribution is 2.41. The Morgan fingerprint density at radius 3 is 2.34 bits per heavy atom. The summed E-state index contributed by atoms with van der Waals surface area (Å²) in [5.74, 6) is -1.43. The van der Waals surface area contributed by atoms with Crippen LogP contribution in [0.25, 0.3) is 10.9 Å². The third kappa shape index (κ3) is 4.44. The van der Waals surface area contributed by atoms with E-state index in [1.807, 2.05) is 0 Å². The largest absolute Gasteiger partial charge is 0.419 e. The molecule has 2 atom stereocenters. The second-order valence-corrected chi connectivity index (χ2v) is 11.9. The molecule has 1 fully saturated rings. The number of aromatic nitrogens is 3. The minimum atomic E-state index is -4.85. The fraction of sp³-hybridized carbons (Fsp3) is 0.500. The van der Waals surface area contributed by atoms with E-state index in [-0.39, 0.29) is 29.1 Å². The van der Waals surface area contributed by atoms with Gasteiger partial charge in [0.05, 0.1) is 32.5 Å². The maximum absolute atomic E-state index is 14.8. The van der Waals surface area contributed by atoms with Gasteiger partial charge in [0, 0.05) is 24.7 Å². The number of aryl methyl sites for hydroxylation is 1. The van der Waals surface area contributed by atoms with Crippen molar-refractivity contribution in [3.8, 4) is 0 Å². The van der Waals surface area contributed by atoms with Gasteiger partial charge < -0.3 is 4.57 Å². The van der Waals surface area contributed by atoms with Crippen LogP contribution in [0.2, 0.25) is 0 Å². The summed E-state index contributed by atoms with van der Waals surface area (Å²) in [6.45, 7) is 7.01. The second kappa shape index (κ2) is 8.55. The van der Waals surface area contributed by atoms with Crippen LogP contribution in [-0.4, -0.2) is 23.3 Å². The molecule has 0 bridgehead atoms. The molecule has 35 heavy (non-hydrogen) atoms. The zero-order valence-electron chi connectivity index (χ0n) is 20.2. The van der Waals surface area contributed by atoms with Gasteiger partial charge >= 0.3 is 6.18 Å². The first-order chi connectivity index (χ1) is 16.2. The van der Waals surface area contributed by atoms with Crippen molar-refractivity contribution in [1.82, 2.24) is 19.1 Å². The summed E-state index contributed by atoms with van der Waals surface area (Å²) in [5.41, 5.74) is -2.28. The summed E-state index contributed by atoms with van der Waals surface area (Å²) in [6.07, 6.45) is -1.17. The number of halogens is 4. The first-order valence-corrected chi connectivity index (χ1v) is 12.5. The molecule has 0 aliphatic heterocycles. The molecule has 0 radical (unpaired) electrons. The standard InChI is InChI=1S/C24H28F4N4O2S/c1-6-23(30-35(34)22(2,3)4,14-7-10-17(18(25)13-14)24(26,27)28)20-16-11-12-32(15-8-9-15)21(33)19(16)29-31(20)5/h7,10-13,15,30H,6,8-9H2,1-5H3. The van der Waals surface area contributed by atoms with E-state index in [9.17, 15) is 26.6 Å². The van der Waals surface area contributed by atoms with Gasteiger partial charge in [0.2, 0.25) is 0 Å². The quantitative estimate of drug-likeness (QED) is 0.476. The van der Waals surface area contributed by atoms with Crippen molar-refractivity contribution in [3.63, 3.8) is 0 Å². The summed E-state index contributed by atoms with van der Waals surface area (Å²) < 4.78 is 73.3. The minimum absolute atomic E-state index is 0.129. The van der Waals surface area contributed by atoms with E-state index in [2.05, 4.69) is 9.82 Å². The highest BCUT2D eigenvalue weighted by Gasteiger charge is 2.43. The monoisotopic (exact) mass is 512 g/mol. The fourth-order valence-corrected chi connectivity index (χ4v) is 5.34. The lowest BCUT2D eigenvalue weighted by Crippen LogP contribution is -2.49. The van der Waals surface area contributed by atoms with E-state index in [1.54, 1.807) is 51.6 Å². The Bertz CT molecular complexity index is 1370. The summed E-state index contributed by atoms with van der Waals surface area (Å²) in [6, 6.07) is 4.57. The summed E-state index contributed by atoms with van der Waals surface area (Å²) in [5, 5.41) is 4.91. The van der Waals surface area contributed by atoms with E-state index in [1.165, 1.54) is 10.7 Å². The van der Waals surface area contributed by atoms with Crippen LogP contribution in [0.15, 0.2) is 35.3 Å². The van der Waals surface area contributed by atoms with Crippen LogP contribution < -0.4 is 10.3 Å². The van der Waals surface area contributed by atoms with Crippen LogP contribution >= 0.6 is 0 Å². The predicted molar refractivity (Wildman–Crippen MR) is 127 cm³/mol. The summed E-state index contributed by atoms with van der Waals surface area (Å²) in [7, 11) is -0.0843. The zero-order chi connectivity index (χ0) is 25.9. The normalized spacial score (nSPS) is 17.5. The van der Waals surface area contributed by atoms with Crippen molar-refractivity contribution >= 4 is 21.9 Å². The smallest absolute Gasteiger partial charge is 0.311 e. The number of alkyl halides is 3. The SMILES string of the molecule is CCC(NS(=O)C(C)(C)C)(c1ccc(C(F)(F)F)c(F)c1)c1c2ccn(C3CC3)c(=O)c2nn1C. The molecule has 2 unspecified atom stereocenters. The van der Waals surface area contributed by atoms with Crippen molar-refractivity contribution in [3.05, 3.63) is 63.5 Å². The number of hydrogen-bond donors (Lipinski definition) is 1. The predicted octanol–water partition coefficient (Wildman–Crippen LogP) is 4.93. The Morgan fingerprint density at radius 1 is 1.17 bits per heavy atom. The Kier molecular flexibility index (Phi) is 6.24. The molecule has 1 N–H and O–H groups in total. The molecule has 1 aromatic carbocycles. The average Bonchev–Trinajstić information content (AvgIpc) is 3.53. The number of pyridine rings is 1. The highest BCUT2D eigenvalue weighted by molar-refractivity contribution is 7.84. The van der Waals surface area contributed by atoms with Gasteiger partial charge in [-0.25, -0.2) is 13.3 Å². The third-order valence-electron chi connectivity index (χ3n) is 6.39. The molecule has 1 saturated carbocycles. The molecule has 6 nitrogen and oxygen atoms in total. The van der Waals surface area contributed by atoms with Gasteiger partial charge in [-0.05, 0) is 63.8 Å². The van der Waals surface area contributed by atoms with Crippen LogP contribution in [0.3, 0.4) is 0 Å². The molecular formula is C24H28F4N4O2S. The van der Waals surface area contributed by atoms with Crippen LogP contribution in [0.5, 0.6) is 0 Å². The average molecular weight is 513 g/mol. The van der Waals surface area contributed by atoms with Crippen LogP contribution in [0.4, 0.5) is 17.6 Å². The van der Waals surface area contributed by atoms with Gasteiger partial charge in [-0.15, -0.1) is 0 Å². The first-order valence-electron chi connectivity index (χ1n) is 11.4. The molecule has 11 heteroatoms. The van der Waals surface area contributed by atoms with Gasteiger partial charge in [-0.1, -0.05) is 13.0 Å². The molecule has 2 heterocycles. The topological polar surface area (TPSA) is 68.9 Å². The van der Waals surface area contributed by atoms with Crippen molar-refractivity contribution in [2.75, 3.05) is 0 Å². The van der Waals surface area contributed by atoms with E-state index in [0.717, 1.165) is 18.9 Å². The third-order valence-corrected chi connectivity index (χ3v) is 8.03. The van der Waals surface area contributed by atoms with Gasteiger partial charge in [-0.3, -0.25) is 9.48 Å². The number of nitrogens with zero attached hydrogens (tertiary/aromatic N) is 3. The molecular weight excluding hydrogens is 484 g/mol. The van der Waals surface area contributed by atoms with Crippen LogP contribution in [0.1, 0.15) is 69.8 Å². The first kappa shape index (κ1) is 25.6. The van der Waals surface area contributed by atoms with Gasteiger partial charge in [0.25, 0.3) is 5.56 Å². The molecule has 1 aliphatic rings. The molecule has 1 aliphatic carbocycles. The zero-order valence-corrected chi connectivity index (χ0v) is 21.0. The van der Waals surface area contributed by atoms with E-state index < -0.39 is 38.8 Å². The maximum Gasteiger partial charge on any atom is 0.419 e. The van der Waals surface area contributed by atoms with E-state index >= 15 is 0 Å². The van der Waals surface area contributed by atoms with Gasteiger partial charge in [-0.2, -0.15) is 18.3 Å². The number of nitrogens with one attached hydrogen (secondary N) is 1. The maximum atomic E-state index is 14.8. The van der Waals surface area contributed by atoms with Crippen molar-refractivity contribution in [2.45, 2.75) is 69.5 Å². The molecule has 2 aromatic heterocycles. The Labute approximate surface area is 202 Å². The molecule has 0 amide bonds. The Hall–Kier alpha value is -2.53. The van der Waals surface area contributed by atoms with Gasteiger partial charge in [0.1, 0.15) is 5.82 Å². The lowest BCUT2D eigenvalue weighted by atomic mass is 9.83. The highest BCUT2D eigenvalue weighted by atomic mass is 32.2. The van der Waals surface area contributed by atoms with E-state index in [4.69, 9.17) is 0 Å². The van der Waals surface area contributed by atoms with Crippen LogP contribution in [-0.2, 0) is 29.7 Å². The second-order valence-electron chi connectivity index (χ2n) is 9.93. The van der Waals surface area contributed by atoms with E-state index in [0.29, 0.717) is 17.1 Å². The fourth-order valence-electron chi connectivity index (χ4n) is 4.36. The number of rotatable bonds is 6. The number of fused-ring (bicyclic) bond motifs is 1. The van der Waals surface area contributed by atoms with Gasteiger partial charge in [0.15, 0.2) is 5.52 Å². The molecule has 0 saturated heterocycles. The molecule has 0 spiro atoms. The van der Waals surface area contributed by atoms with Crippen molar-refractivity contribution < 1.29 is 21.8 Å². The molecule has 190 valence electrons. The number of hydrogen-bond acceptors (Lipinski definition) is 3. The minimum Gasteiger partial charge on any atom is -0.311 e. The van der Waals surface area contributed by atoms with Crippen LogP contribution in [0, 0.1) is 5.82 Å². The Morgan fingerprint density at radius 2 is 1.83 bits per heavy atom. The van der Waals surface area contributed by atoms with Crippen molar-refractivity contribution in [2.24, 2.45) is 7.05 Å². The molecule has 3 aromatic rings. The molecule has 4 rings (SSSR count). The van der Waals surface area contributed by atoms with Crippen molar-refractivity contribution in [1.29, 1.82) is 0 Å². The lowest BCUT2D eigenvalue weighted by Gasteiger charge is -2.37.